The van der Waals surface area contributed by atoms with Crippen LogP contribution in [0.2, 0.25) is 0 Å². The van der Waals surface area contributed by atoms with Crippen molar-refractivity contribution in [2.24, 2.45) is 11.8 Å². The van der Waals surface area contributed by atoms with Gasteiger partial charge in [-0.2, -0.15) is 0 Å². The second-order valence-electron chi connectivity index (χ2n) is 8.48. The van der Waals surface area contributed by atoms with Crippen molar-refractivity contribution < 1.29 is 19.2 Å². The number of carbonyl (C=O) groups excluding carboxylic acids is 3. The highest BCUT2D eigenvalue weighted by Crippen LogP contribution is 2.60. The molecule has 0 saturated carbocycles. The van der Waals surface area contributed by atoms with E-state index in [0.717, 1.165) is 32.9 Å². The lowest BCUT2D eigenvalue weighted by Crippen LogP contribution is -2.41. The first-order valence-electron chi connectivity index (χ1n) is 10.4. The molecule has 1 heterocycles. The van der Waals surface area contributed by atoms with Crippen molar-refractivity contribution in [1.29, 1.82) is 0 Å². The second kappa shape index (κ2) is 6.38. The van der Waals surface area contributed by atoms with E-state index in [-0.39, 0.29) is 11.8 Å². The van der Waals surface area contributed by atoms with Gasteiger partial charge in [0.15, 0.2) is 0 Å². The monoisotopic (exact) mass is 409 g/mol. The number of hydrogen-bond donors (Lipinski definition) is 0. The van der Waals surface area contributed by atoms with Crippen molar-refractivity contribution in [1.82, 2.24) is 5.06 Å². The zero-order valence-corrected chi connectivity index (χ0v) is 16.8. The van der Waals surface area contributed by atoms with E-state index in [4.69, 9.17) is 4.84 Å². The van der Waals surface area contributed by atoms with E-state index in [1.165, 1.54) is 0 Å². The Kier molecular flexibility index (Phi) is 3.72. The summed E-state index contributed by atoms with van der Waals surface area (Å²) in [4.78, 5) is 44.8. The van der Waals surface area contributed by atoms with Crippen LogP contribution >= 0.6 is 0 Å². The van der Waals surface area contributed by atoms with E-state index in [1.54, 1.807) is 24.3 Å². The lowest BCUT2D eigenvalue weighted by Gasteiger charge is -2.45. The van der Waals surface area contributed by atoms with E-state index < -0.39 is 29.6 Å². The third-order valence-corrected chi connectivity index (χ3v) is 6.87. The number of imide groups is 1. The molecule has 0 spiro atoms. The molecule has 7 rings (SSSR count). The molecule has 1 saturated heterocycles. The summed E-state index contributed by atoms with van der Waals surface area (Å²) in [6.07, 6.45) is 0. The Labute approximate surface area is 179 Å². The Balaban J connectivity index is 1.41. The molecular weight excluding hydrogens is 390 g/mol. The molecule has 1 fully saturated rings. The summed E-state index contributed by atoms with van der Waals surface area (Å²) < 4.78 is 0. The Hall–Kier alpha value is -3.73. The summed E-state index contributed by atoms with van der Waals surface area (Å²) in [7, 11) is 0. The Morgan fingerprint density at radius 1 is 0.710 bits per heavy atom. The molecule has 3 aliphatic carbocycles. The van der Waals surface area contributed by atoms with Gasteiger partial charge in [-0.15, -0.1) is 5.06 Å². The van der Waals surface area contributed by atoms with Crippen LogP contribution in [-0.4, -0.2) is 22.8 Å². The molecule has 2 amide bonds. The van der Waals surface area contributed by atoms with E-state index in [0.29, 0.717) is 5.56 Å². The molecule has 0 radical (unpaired) electrons. The fourth-order valence-corrected chi connectivity index (χ4v) is 5.57. The first-order chi connectivity index (χ1) is 15.1. The van der Waals surface area contributed by atoms with Gasteiger partial charge in [-0.05, 0) is 41.3 Å². The van der Waals surface area contributed by atoms with Crippen molar-refractivity contribution in [3.8, 4) is 0 Å². The first kappa shape index (κ1) is 18.1. The smallest absolute Gasteiger partial charge is 0.325 e. The molecule has 0 N–H and O–H groups in total. The van der Waals surface area contributed by atoms with Gasteiger partial charge in [-0.25, -0.2) is 4.79 Å². The van der Waals surface area contributed by atoms with E-state index in [9.17, 15) is 14.4 Å². The molecule has 4 aliphatic rings. The molecule has 3 aromatic carbocycles. The van der Waals surface area contributed by atoms with Gasteiger partial charge in [0, 0.05) is 11.8 Å². The van der Waals surface area contributed by atoms with Crippen LogP contribution in [0.4, 0.5) is 0 Å². The number of rotatable bonds is 2. The maximum Gasteiger partial charge on any atom is 0.363 e. The van der Waals surface area contributed by atoms with Crippen molar-refractivity contribution >= 4 is 17.8 Å². The predicted molar refractivity (Wildman–Crippen MR) is 112 cm³/mol. The topological polar surface area (TPSA) is 63.7 Å². The molecule has 2 bridgehead atoms. The van der Waals surface area contributed by atoms with Crippen molar-refractivity contribution in [2.45, 2.75) is 18.8 Å². The van der Waals surface area contributed by atoms with Crippen LogP contribution in [0.3, 0.4) is 0 Å². The standard InChI is InChI=1S/C26H19NO4/c1-14-10-12-15(13-11-14)26(30)31-27-24(28)22-20-16-6-2-3-7-17(16)21(23(22)25(27)29)19-9-5-4-8-18(19)20/h2-13,20-23H,1H3. The third kappa shape index (κ3) is 2.40. The second-order valence-corrected chi connectivity index (χ2v) is 8.48. The number of hydroxylamine groups is 2. The summed E-state index contributed by atoms with van der Waals surface area (Å²) in [5.74, 6) is -3.14. The Bertz CT molecular complexity index is 1150. The van der Waals surface area contributed by atoms with Gasteiger partial charge >= 0.3 is 5.97 Å². The fourth-order valence-electron chi connectivity index (χ4n) is 5.57. The van der Waals surface area contributed by atoms with Crippen LogP contribution in [0.15, 0.2) is 72.8 Å². The predicted octanol–water partition coefficient (Wildman–Crippen LogP) is 3.96. The SMILES string of the molecule is Cc1ccc(C(=O)ON2C(=O)C3C4c5ccccc5C(c5ccccc54)C3C2=O)cc1. The maximum atomic E-state index is 13.4. The summed E-state index contributed by atoms with van der Waals surface area (Å²) in [5, 5.41) is 0.718. The number of hydrogen-bond acceptors (Lipinski definition) is 4. The van der Waals surface area contributed by atoms with Gasteiger partial charge in [-0.3, -0.25) is 9.59 Å². The van der Waals surface area contributed by atoms with Crippen LogP contribution in [0.5, 0.6) is 0 Å². The van der Waals surface area contributed by atoms with Crippen molar-refractivity contribution in [3.63, 3.8) is 0 Å². The molecule has 152 valence electrons. The van der Waals surface area contributed by atoms with Gasteiger partial charge in [0.05, 0.1) is 17.4 Å². The van der Waals surface area contributed by atoms with Crippen LogP contribution in [-0.2, 0) is 14.4 Å². The molecular formula is C26H19NO4. The minimum atomic E-state index is -0.706. The summed E-state index contributed by atoms with van der Waals surface area (Å²) in [6, 6.07) is 22.9. The quantitative estimate of drug-likeness (QED) is 0.601. The fraction of sp³-hybridized carbons (Fsp3) is 0.192. The normalized spacial score (nSPS) is 25.1. The zero-order valence-electron chi connectivity index (χ0n) is 16.8. The molecule has 31 heavy (non-hydrogen) atoms. The largest absolute Gasteiger partial charge is 0.363 e. The summed E-state index contributed by atoms with van der Waals surface area (Å²) in [6.45, 7) is 1.92. The molecule has 0 aromatic heterocycles. The zero-order chi connectivity index (χ0) is 21.3. The number of amides is 2. The van der Waals surface area contributed by atoms with E-state index in [1.807, 2.05) is 55.5 Å². The maximum absolute atomic E-state index is 13.4. The molecule has 5 heteroatoms. The van der Waals surface area contributed by atoms with Crippen molar-refractivity contribution in [3.05, 3.63) is 106 Å². The highest BCUT2D eigenvalue weighted by molar-refractivity contribution is 6.08. The number of benzene rings is 3. The molecule has 2 unspecified atom stereocenters. The summed E-state index contributed by atoms with van der Waals surface area (Å²) >= 11 is 0. The Morgan fingerprint density at radius 2 is 1.13 bits per heavy atom. The average Bonchev–Trinajstić information content (AvgIpc) is 3.05. The van der Waals surface area contributed by atoms with Crippen molar-refractivity contribution in [2.75, 3.05) is 0 Å². The number of carbonyl (C=O) groups is 3. The lowest BCUT2D eigenvalue weighted by atomic mass is 9.55. The lowest BCUT2D eigenvalue weighted by molar-refractivity contribution is -0.174. The first-order valence-corrected chi connectivity index (χ1v) is 10.4. The molecule has 1 aliphatic heterocycles. The minimum Gasteiger partial charge on any atom is -0.325 e. The van der Waals surface area contributed by atoms with Gasteiger partial charge in [0.25, 0.3) is 11.8 Å². The van der Waals surface area contributed by atoms with Crippen LogP contribution in [0.1, 0.15) is 50.0 Å². The molecule has 2 atom stereocenters. The molecule has 5 nitrogen and oxygen atoms in total. The van der Waals surface area contributed by atoms with Gasteiger partial charge < -0.3 is 4.84 Å². The Morgan fingerprint density at radius 3 is 1.55 bits per heavy atom. The number of aryl methyl sites for hydroxylation is 1. The van der Waals surface area contributed by atoms with Crippen LogP contribution in [0, 0.1) is 18.8 Å². The van der Waals surface area contributed by atoms with E-state index in [2.05, 4.69) is 0 Å². The summed E-state index contributed by atoms with van der Waals surface area (Å²) in [5.41, 5.74) is 5.64. The van der Waals surface area contributed by atoms with Gasteiger partial charge in [0.2, 0.25) is 0 Å². The average molecular weight is 409 g/mol. The van der Waals surface area contributed by atoms with Crippen LogP contribution in [0.25, 0.3) is 0 Å². The third-order valence-electron chi connectivity index (χ3n) is 6.87. The highest BCUT2D eigenvalue weighted by atomic mass is 16.7. The molecule has 3 aromatic rings. The van der Waals surface area contributed by atoms with E-state index >= 15 is 0 Å². The van der Waals surface area contributed by atoms with Gasteiger partial charge in [-0.1, -0.05) is 66.2 Å². The highest BCUT2D eigenvalue weighted by Gasteiger charge is 2.62. The minimum absolute atomic E-state index is 0.220. The number of nitrogens with zero attached hydrogens (tertiary/aromatic N) is 1. The van der Waals surface area contributed by atoms with Gasteiger partial charge in [0.1, 0.15) is 0 Å². The van der Waals surface area contributed by atoms with Crippen LogP contribution < -0.4 is 0 Å².